The fourth-order valence-electron chi connectivity index (χ4n) is 2.51. The third kappa shape index (κ3) is 3.57. The predicted molar refractivity (Wildman–Crippen MR) is 98.4 cm³/mol. The molecule has 0 aliphatic heterocycles. The lowest BCUT2D eigenvalue weighted by atomic mass is 10.0. The smallest absolute Gasteiger partial charge is 0.240 e. The van der Waals surface area contributed by atoms with Gasteiger partial charge in [0.25, 0.3) is 0 Å². The van der Waals surface area contributed by atoms with Crippen molar-refractivity contribution in [1.29, 1.82) is 0 Å². The molecule has 7 heteroatoms. The zero-order valence-corrected chi connectivity index (χ0v) is 14.9. The number of amides is 2. The standard InChI is InChI=1S/C18H16Cl2N2O3/c1-25-15-7-6-11(19)10-14(15)22-17(24)18(8-9-18)16(23)21-13-5-3-2-4-12(13)20/h2-7,10H,8-9H2,1H3,(H,21,23)(H,22,24). The van der Waals surface area contributed by atoms with Gasteiger partial charge in [-0.3, -0.25) is 9.59 Å². The van der Waals surface area contributed by atoms with Crippen molar-refractivity contribution in [2.75, 3.05) is 17.7 Å². The lowest BCUT2D eigenvalue weighted by Gasteiger charge is -2.17. The second-order valence-corrected chi connectivity index (χ2v) is 6.66. The summed E-state index contributed by atoms with van der Waals surface area (Å²) in [6.07, 6.45) is 0.940. The Morgan fingerprint density at radius 1 is 1.00 bits per heavy atom. The van der Waals surface area contributed by atoms with Gasteiger partial charge in [0, 0.05) is 5.02 Å². The Bertz CT molecular complexity index is 835. The van der Waals surface area contributed by atoms with Crippen molar-refractivity contribution in [2.24, 2.45) is 5.41 Å². The Hall–Kier alpha value is -2.24. The molecule has 0 saturated heterocycles. The Morgan fingerprint density at radius 2 is 1.64 bits per heavy atom. The number of anilines is 2. The summed E-state index contributed by atoms with van der Waals surface area (Å²) in [6.45, 7) is 0. The monoisotopic (exact) mass is 378 g/mol. The Morgan fingerprint density at radius 3 is 2.24 bits per heavy atom. The molecule has 0 bridgehead atoms. The summed E-state index contributed by atoms with van der Waals surface area (Å²) in [4.78, 5) is 25.3. The first-order chi connectivity index (χ1) is 12.0. The molecule has 0 heterocycles. The van der Waals surface area contributed by atoms with Crippen molar-refractivity contribution in [1.82, 2.24) is 0 Å². The maximum atomic E-state index is 12.7. The molecule has 1 fully saturated rings. The molecule has 0 aromatic heterocycles. The molecule has 1 saturated carbocycles. The van der Waals surface area contributed by atoms with Crippen LogP contribution < -0.4 is 15.4 Å². The maximum absolute atomic E-state index is 12.7. The number of hydrogen-bond donors (Lipinski definition) is 2. The number of benzene rings is 2. The van der Waals surface area contributed by atoms with Crippen molar-refractivity contribution in [3.63, 3.8) is 0 Å². The van der Waals surface area contributed by atoms with E-state index in [0.717, 1.165) is 0 Å². The van der Waals surface area contributed by atoms with Gasteiger partial charge in [-0.25, -0.2) is 0 Å². The van der Waals surface area contributed by atoms with Gasteiger partial charge in [-0.2, -0.15) is 0 Å². The number of para-hydroxylation sites is 1. The molecule has 0 radical (unpaired) electrons. The average Bonchev–Trinajstić information content (AvgIpc) is 3.39. The van der Waals surface area contributed by atoms with Gasteiger partial charge in [-0.15, -0.1) is 0 Å². The van der Waals surface area contributed by atoms with Crippen LogP contribution in [0.4, 0.5) is 11.4 Å². The number of methoxy groups -OCH3 is 1. The highest BCUT2D eigenvalue weighted by atomic mass is 35.5. The van der Waals surface area contributed by atoms with E-state index < -0.39 is 11.3 Å². The van der Waals surface area contributed by atoms with E-state index in [4.69, 9.17) is 27.9 Å². The van der Waals surface area contributed by atoms with Crippen molar-refractivity contribution >= 4 is 46.4 Å². The van der Waals surface area contributed by atoms with Crippen LogP contribution in [0.3, 0.4) is 0 Å². The number of ether oxygens (including phenoxy) is 1. The van der Waals surface area contributed by atoms with E-state index in [2.05, 4.69) is 10.6 Å². The van der Waals surface area contributed by atoms with E-state index in [9.17, 15) is 9.59 Å². The molecule has 1 aliphatic rings. The van der Waals surface area contributed by atoms with Crippen LogP contribution in [0.15, 0.2) is 42.5 Å². The minimum atomic E-state index is -1.10. The van der Waals surface area contributed by atoms with E-state index in [-0.39, 0.29) is 5.91 Å². The molecular weight excluding hydrogens is 363 g/mol. The highest BCUT2D eigenvalue weighted by molar-refractivity contribution is 6.34. The van der Waals surface area contributed by atoms with Crippen molar-refractivity contribution in [3.05, 3.63) is 52.5 Å². The van der Waals surface area contributed by atoms with Crippen LogP contribution in [0.1, 0.15) is 12.8 Å². The molecular formula is C18H16Cl2N2O3. The minimum Gasteiger partial charge on any atom is -0.495 e. The number of carbonyl (C=O) groups is 2. The van der Waals surface area contributed by atoms with Crippen LogP contribution in [-0.4, -0.2) is 18.9 Å². The summed E-state index contributed by atoms with van der Waals surface area (Å²) < 4.78 is 5.21. The summed E-state index contributed by atoms with van der Waals surface area (Å²) in [5.41, 5.74) is -0.197. The Balaban J connectivity index is 1.77. The lowest BCUT2D eigenvalue weighted by Crippen LogP contribution is -2.35. The highest BCUT2D eigenvalue weighted by Gasteiger charge is 2.56. The molecule has 2 amide bonds. The van der Waals surface area contributed by atoms with E-state index in [0.29, 0.717) is 40.0 Å². The van der Waals surface area contributed by atoms with Crippen LogP contribution in [0.25, 0.3) is 0 Å². The molecule has 3 rings (SSSR count). The first kappa shape index (κ1) is 17.6. The fraction of sp³-hybridized carbons (Fsp3) is 0.222. The normalized spacial score (nSPS) is 14.5. The second-order valence-electron chi connectivity index (χ2n) is 5.81. The van der Waals surface area contributed by atoms with Crippen LogP contribution in [-0.2, 0) is 9.59 Å². The van der Waals surface area contributed by atoms with Gasteiger partial charge in [0.15, 0.2) is 0 Å². The van der Waals surface area contributed by atoms with Crippen molar-refractivity contribution in [2.45, 2.75) is 12.8 Å². The van der Waals surface area contributed by atoms with Gasteiger partial charge < -0.3 is 15.4 Å². The molecule has 0 spiro atoms. The largest absolute Gasteiger partial charge is 0.495 e. The Kier molecular flexibility index (Phi) is 4.88. The van der Waals surface area contributed by atoms with E-state index >= 15 is 0 Å². The summed E-state index contributed by atoms with van der Waals surface area (Å²) >= 11 is 12.0. The average molecular weight is 379 g/mol. The molecule has 130 valence electrons. The first-order valence-corrected chi connectivity index (χ1v) is 8.43. The van der Waals surface area contributed by atoms with Gasteiger partial charge in [0.2, 0.25) is 11.8 Å². The zero-order valence-electron chi connectivity index (χ0n) is 13.4. The molecule has 0 atom stereocenters. The molecule has 1 aliphatic carbocycles. The third-order valence-corrected chi connectivity index (χ3v) is 4.72. The van der Waals surface area contributed by atoms with E-state index in [1.54, 1.807) is 42.5 Å². The van der Waals surface area contributed by atoms with Gasteiger partial charge in [-0.05, 0) is 43.2 Å². The summed E-state index contributed by atoms with van der Waals surface area (Å²) in [7, 11) is 1.50. The van der Waals surface area contributed by atoms with E-state index in [1.165, 1.54) is 7.11 Å². The highest BCUT2D eigenvalue weighted by Crippen LogP contribution is 2.48. The SMILES string of the molecule is COc1ccc(Cl)cc1NC(=O)C1(C(=O)Nc2ccccc2Cl)CC1. The second kappa shape index (κ2) is 6.94. The van der Waals surface area contributed by atoms with Crippen LogP contribution in [0.2, 0.25) is 10.0 Å². The summed E-state index contributed by atoms with van der Waals surface area (Å²) in [6, 6.07) is 11.8. The first-order valence-electron chi connectivity index (χ1n) is 7.67. The summed E-state index contributed by atoms with van der Waals surface area (Å²) in [5.74, 6) is -0.295. The molecule has 2 aromatic rings. The molecule has 2 aromatic carbocycles. The number of hydrogen-bond acceptors (Lipinski definition) is 3. The van der Waals surface area contributed by atoms with Crippen molar-refractivity contribution < 1.29 is 14.3 Å². The topological polar surface area (TPSA) is 67.4 Å². The van der Waals surface area contributed by atoms with Crippen LogP contribution in [0, 0.1) is 5.41 Å². The van der Waals surface area contributed by atoms with E-state index in [1.807, 2.05) is 0 Å². The van der Waals surface area contributed by atoms with Gasteiger partial charge in [0.1, 0.15) is 11.2 Å². The van der Waals surface area contributed by atoms with Crippen molar-refractivity contribution in [3.8, 4) is 5.75 Å². The maximum Gasteiger partial charge on any atom is 0.240 e. The molecule has 0 unspecified atom stereocenters. The fourth-order valence-corrected chi connectivity index (χ4v) is 2.86. The summed E-state index contributed by atoms with van der Waals surface area (Å²) in [5, 5.41) is 6.35. The number of nitrogens with one attached hydrogen (secondary N) is 2. The Labute approximate surface area is 155 Å². The molecule has 25 heavy (non-hydrogen) atoms. The number of rotatable bonds is 5. The van der Waals surface area contributed by atoms with Gasteiger partial charge in [-0.1, -0.05) is 35.3 Å². The number of carbonyl (C=O) groups excluding carboxylic acids is 2. The quantitative estimate of drug-likeness (QED) is 0.759. The molecule has 2 N–H and O–H groups in total. The zero-order chi connectivity index (χ0) is 18.0. The van der Waals surface area contributed by atoms with Gasteiger partial charge >= 0.3 is 0 Å². The van der Waals surface area contributed by atoms with Crippen LogP contribution >= 0.6 is 23.2 Å². The lowest BCUT2D eigenvalue weighted by molar-refractivity contribution is -0.131. The van der Waals surface area contributed by atoms with Gasteiger partial charge in [0.05, 0.1) is 23.5 Å². The predicted octanol–water partition coefficient (Wildman–Crippen LogP) is 4.36. The number of halogens is 2. The minimum absolute atomic E-state index is 0.376. The third-order valence-electron chi connectivity index (χ3n) is 4.15. The molecule has 5 nitrogen and oxygen atoms in total. The van der Waals surface area contributed by atoms with Crippen LogP contribution in [0.5, 0.6) is 5.75 Å².